The van der Waals surface area contributed by atoms with Gasteiger partial charge in [0.05, 0.1) is 7.11 Å². The van der Waals surface area contributed by atoms with E-state index in [9.17, 15) is 4.79 Å². The molecule has 104 valence electrons. The van der Waals surface area contributed by atoms with Gasteiger partial charge in [-0.25, -0.2) is 0 Å². The van der Waals surface area contributed by atoms with Crippen LogP contribution in [0.15, 0.2) is 24.3 Å². The zero-order chi connectivity index (χ0) is 13.7. The fourth-order valence-electron chi connectivity index (χ4n) is 2.79. The number of carboxylic acid groups (broad SMARTS) is 1. The summed E-state index contributed by atoms with van der Waals surface area (Å²) in [4.78, 5) is 13.2. The quantitative estimate of drug-likeness (QED) is 0.857. The van der Waals surface area contributed by atoms with Gasteiger partial charge in [-0.2, -0.15) is 0 Å². The molecule has 4 nitrogen and oxygen atoms in total. The summed E-state index contributed by atoms with van der Waals surface area (Å²) in [5.74, 6) is 0.115. The lowest BCUT2D eigenvalue weighted by molar-refractivity contribution is -0.137. The van der Waals surface area contributed by atoms with Crippen LogP contribution in [-0.4, -0.2) is 36.2 Å². The topological polar surface area (TPSA) is 49.8 Å². The lowest BCUT2D eigenvalue weighted by Gasteiger charge is -2.28. The summed E-state index contributed by atoms with van der Waals surface area (Å²) in [6, 6.07) is 8.07. The maximum atomic E-state index is 10.9. The van der Waals surface area contributed by atoms with Gasteiger partial charge in [0, 0.05) is 18.0 Å². The van der Waals surface area contributed by atoms with Crippen molar-refractivity contribution in [3.63, 3.8) is 0 Å². The number of methoxy groups -OCH3 is 1. The number of carboxylic acids is 1. The molecule has 0 saturated carbocycles. The zero-order valence-electron chi connectivity index (χ0n) is 11.3. The Balaban J connectivity index is 2.21. The Kier molecular flexibility index (Phi) is 4.80. The Morgan fingerprint density at radius 3 is 2.68 bits per heavy atom. The highest BCUT2D eigenvalue weighted by Gasteiger charge is 2.26. The maximum absolute atomic E-state index is 10.9. The zero-order valence-corrected chi connectivity index (χ0v) is 11.3. The first-order chi connectivity index (χ1) is 9.22. The van der Waals surface area contributed by atoms with Crippen molar-refractivity contribution in [1.82, 2.24) is 4.90 Å². The van der Waals surface area contributed by atoms with E-state index < -0.39 is 5.97 Å². The van der Waals surface area contributed by atoms with Crippen LogP contribution in [-0.2, 0) is 4.79 Å². The van der Waals surface area contributed by atoms with Gasteiger partial charge in [-0.15, -0.1) is 0 Å². The van der Waals surface area contributed by atoms with E-state index in [1.807, 2.05) is 24.3 Å². The normalized spacial score (nSPS) is 17.3. The number of hydrogen-bond acceptors (Lipinski definition) is 3. The minimum atomic E-state index is -0.737. The monoisotopic (exact) mass is 263 g/mol. The van der Waals surface area contributed by atoms with Crippen LogP contribution in [0.3, 0.4) is 0 Å². The molecule has 0 aliphatic carbocycles. The van der Waals surface area contributed by atoms with Crippen molar-refractivity contribution in [2.24, 2.45) is 0 Å². The second kappa shape index (κ2) is 6.57. The number of carbonyl (C=O) groups is 1. The molecule has 1 atom stereocenters. The molecule has 0 bridgehead atoms. The summed E-state index contributed by atoms with van der Waals surface area (Å²) < 4.78 is 5.42. The van der Waals surface area contributed by atoms with Gasteiger partial charge in [0.1, 0.15) is 5.75 Å². The van der Waals surface area contributed by atoms with E-state index in [1.54, 1.807) is 7.11 Å². The van der Waals surface area contributed by atoms with Crippen LogP contribution < -0.4 is 4.74 Å². The molecule has 1 heterocycles. The fraction of sp³-hybridized carbons (Fsp3) is 0.533. The van der Waals surface area contributed by atoms with Gasteiger partial charge in [-0.1, -0.05) is 18.2 Å². The van der Waals surface area contributed by atoms with Crippen molar-refractivity contribution in [3.8, 4) is 5.75 Å². The number of aliphatic carboxylic acids is 1. The third-order valence-corrected chi connectivity index (χ3v) is 3.71. The summed E-state index contributed by atoms with van der Waals surface area (Å²) in [6.45, 7) is 2.09. The molecule has 2 rings (SSSR count). The predicted molar refractivity (Wildman–Crippen MR) is 73.4 cm³/mol. The number of benzene rings is 1. The lowest BCUT2D eigenvalue weighted by Crippen LogP contribution is -2.26. The second-order valence-corrected chi connectivity index (χ2v) is 4.93. The highest BCUT2D eigenvalue weighted by Crippen LogP contribution is 2.34. The van der Waals surface area contributed by atoms with Crippen molar-refractivity contribution < 1.29 is 14.6 Å². The van der Waals surface area contributed by atoms with Crippen LogP contribution in [0.5, 0.6) is 5.75 Å². The molecule has 1 fully saturated rings. The first kappa shape index (κ1) is 13.9. The molecular formula is C15H21NO3. The summed E-state index contributed by atoms with van der Waals surface area (Å²) in [5.41, 5.74) is 1.10. The summed E-state index contributed by atoms with van der Waals surface area (Å²) in [5, 5.41) is 8.93. The number of hydrogen-bond donors (Lipinski definition) is 1. The largest absolute Gasteiger partial charge is 0.496 e. The van der Waals surface area contributed by atoms with Gasteiger partial charge in [-0.3, -0.25) is 9.69 Å². The van der Waals surface area contributed by atoms with Gasteiger partial charge in [0.15, 0.2) is 0 Å². The number of rotatable bonds is 6. The molecule has 0 radical (unpaired) electrons. The Morgan fingerprint density at radius 1 is 1.37 bits per heavy atom. The summed E-state index contributed by atoms with van der Waals surface area (Å²) in [7, 11) is 1.66. The highest BCUT2D eigenvalue weighted by molar-refractivity contribution is 5.66. The number of para-hydroxylation sites is 1. The molecule has 0 aromatic heterocycles. The molecule has 1 unspecified atom stereocenters. The number of nitrogens with zero attached hydrogens (tertiary/aromatic N) is 1. The van der Waals surface area contributed by atoms with Crippen LogP contribution in [0.2, 0.25) is 0 Å². The third-order valence-electron chi connectivity index (χ3n) is 3.71. The van der Waals surface area contributed by atoms with Crippen LogP contribution in [0.4, 0.5) is 0 Å². The van der Waals surface area contributed by atoms with Crippen molar-refractivity contribution in [3.05, 3.63) is 29.8 Å². The van der Waals surface area contributed by atoms with E-state index in [0.717, 1.165) is 24.4 Å². The SMILES string of the molecule is COc1ccccc1C(CCC(=O)O)N1CCCC1. The van der Waals surface area contributed by atoms with Gasteiger partial charge in [0.25, 0.3) is 0 Å². The smallest absolute Gasteiger partial charge is 0.303 e. The van der Waals surface area contributed by atoms with Gasteiger partial charge in [0.2, 0.25) is 0 Å². The second-order valence-electron chi connectivity index (χ2n) is 4.93. The molecule has 0 amide bonds. The summed E-state index contributed by atoms with van der Waals surface area (Å²) in [6.07, 6.45) is 3.21. The first-order valence-electron chi connectivity index (χ1n) is 6.81. The van der Waals surface area contributed by atoms with E-state index in [-0.39, 0.29) is 12.5 Å². The number of likely N-dealkylation sites (tertiary alicyclic amines) is 1. The predicted octanol–water partition coefficient (Wildman–Crippen LogP) is 2.70. The van der Waals surface area contributed by atoms with Crippen LogP contribution >= 0.6 is 0 Å². The molecular weight excluding hydrogens is 242 g/mol. The molecule has 1 aromatic rings. The molecule has 1 aliphatic heterocycles. The molecule has 4 heteroatoms. The van der Waals surface area contributed by atoms with Crippen LogP contribution in [0, 0.1) is 0 Å². The van der Waals surface area contributed by atoms with E-state index in [1.165, 1.54) is 12.8 Å². The standard InChI is InChI=1S/C15H21NO3/c1-19-14-7-3-2-6-12(14)13(8-9-15(17)18)16-10-4-5-11-16/h2-3,6-7,13H,4-5,8-11H2,1H3,(H,17,18). The molecule has 0 spiro atoms. The average molecular weight is 263 g/mol. The Morgan fingerprint density at radius 2 is 2.05 bits per heavy atom. The average Bonchev–Trinajstić information content (AvgIpc) is 2.93. The lowest BCUT2D eigenvalue weighted by atomic mass is 9.99. The highest BCUT2D eigenvalue weighted by atomic mass is 16.5. The molecule has 19 heavy (non-hydrogen) atoms. The molecule has 1 aliphatic rings. The fourth-order valence-corrected chi connectivity index (χ4v) is 2.79. The van der Waals surface area contributed by atoms with Crippen molar-refractivity contribution >= 4 is 5.97 Å². The molecule has 1 aromatic carbocycles. The Labute approximate surface area is 114 Å². The van der Waals surface area contributed by atoms with E-state index >= 15 is 0 Å². The third kappa shape index (κ3) is 3.47. The van der Waals surface area contributed by atoms with Crippen molar-refractivity contribution in [2.45, 2.75) is 31.7 Å². The molecule has 1 saturated heterocycles. The van der Waals surface area contributed by atoms with Gasteiger partial charge >= 0.3 is 5.97 Å². The van der Waals surface area contributed by atoms with Crippen LogP contribution in [0.25, 0.3) is 0 Å². The van der Waals surface area contributed by atoms with Gasteiger partial charge in [-0.05, 0) is 38.4 Å². The van der Waals surface area contributed by atoms with E-state index in [2.05, 4.69) is 4.90 Å². The Hall–Kier alpha value is -1.55. The van der Waals surface area contributed by atoms with Gasteiger partial charge < -0.3 is 9.84 Å². The molecule has 1 N–H and O–H groups in total. The number of ether oxygens (including phenoxy) is 1. The first-order valence-corrected chi connectivity index (χ1v) is 6.81. The van der Waals surface area contributed by atoms with Crippen LogP contribution in [0.1, 0.15) is 37.3 Å². The summed E-state index contributed by atoms with van der Waals surface area (Å²) >= 11 is 0. The maximum Gasteiger partial charge on any atom is 0.303 e. The van der Waals surface area contributed by atoms with Crippen molar-refractivity contribution in [2.75, 3.05) is 20.2 Å². The minimum absolute atomic E-state index is 0.148. The Bertz CT molecular complexity index is 427. The van der Waals surface area contributed by atoms with Crippen molar-refractivity contribution in [1.29, 1.82) is 0 Å². The van der Waals surface area contributed by atoms with E-state index in [0.29, 0.717) is 6.42 Å². The minimum Gasteiger partial charge on any atom is -0.496 e. The van der Waals surface area contributed by atoms with E-state index in [4.69, 9.17) is 9.84 Å².